The number of carbonyl (C=O) groups excluding carboxylic acids is 3. The zero-order valence-electron chi connectivity index (χ0n) is 16.0. The highest BCUT2D eigenvalue weighted by Crippen LogP contribution is 2.43. The second-order valence-electron chi connectivity index (χ2n) is 7.29. The molecule has 0 aromatic heterocycles. The number of ether oxygens (including phenoxy) is 1. The van der Waals surface area contributed by atoms with Crippen LogP contribution in [0.2, 0.25) is 0 Å². The molecular weight excluding hydrogens is 384 g/mol. The molecule has 1 aliphatic heterocycles. The second kappa shape index (κ2) is 9.50. The zero-order valence-corrected chi connectivity index (χ0v) is 17.7. The average Bonchev–Trinajstić information content (AvgIpc) is 2.60. The number of hydrogen-bond acceptors (Lipinski definition) is 6. The SMILES string of the molecule is C[C@@H](OC(=O)c1ccc(C2SCCCS2)cc1)C(=O)NC(=O)NC(C)(C)C. The van der Waals surface area contributed by atoms with E-state index in [4.69, 9.17) is 4.74 Å². The molecule has 0 radical (unpaired) electrons. The molecule has 0 bridgehead atoms. The molecule has 0 spiro atoms. The van der Waals surface area contributed by atoms with Crippen molar-refractivity contribution in [3.63, 3.8) is 0 Å². The Kier molecular flexibility index (Phi) is 7.61. The van der Waals surface area contributed by atoms with Gasteiger partial charge in [0.25, 0.3) is 5.91 Å². The number of thioether (sulfide) groups is 2. The monoisotopic (exact) mass is 410 g/mol. The average molecular weight is 411 g/mol. The smallest absolute Gasteiger partial charge is 0.338 e. The number of rotatable bonds is 4. The molecule has 1 aliphatic rings. The topological polar surface area (TPSA) is 84.5 Å². The molecule has 0 aliphatic carbocycles. The first-order valence-corrected chi connectivity index (χ1v) is 10.9. The molecule has 8 heteroatoms. The van der Waals surface area contributed by atoms with E-state index in [1.54, 1.807) is 32.9 Å². The van der Waals surface area contributed by atoms with Gasteiger partial charge >= 0.3 is 12.0 Å². The molecule has 2 rings (SSSR count). The number of imide groups is 1. The lowest BCUT2D eigenvalue weighted by molar-refractivity contribution is -0.127. The van der Waals surface area contributed by atoms with E-state index in [0.717, 1.165) is 11.5 Å². The Balaban J connectivity index is 1.88. The van der Waals surface area contributed by atoms with Crippen LogP contribution in [0, 0.1) is 0 Å². The van der Waals surface area contributed by atoms with Gasteiger partial charge in [-0.05, 0) is 63.3 Å². The molecule has 2 N–H and O–H groups in total. The fraction of sp³-hybridized carbons (Fsp3) is 0.526. The Hall–Kier alpha value is -1.67. The van der Waals surface area contributed by atoms with Gasteiger partial charge in [0.05, 0.1) is 10.1 Å². The van der Waals surface area contributed by atoms with Crippen molar-refractivity contribution in [3.05, 3.63) is 35.4 Å². The summed E-state index contributed by atoms with van der Waals surface area (Å²) in [6, 6.07) is 6.65. The standard InChI is InChI=1S/C19H26N2O4S2/c1-12(15(22)20-18(24)21-19(2,3)4)25-16(23)13-6-8-14(9-7-13)17-26-10-5-11-27-17/h6-9,12,17H,5,10-11H2,1-4H3,(H2,20,21,22,24)/t12-/m1/s1. The van der Waals surface area contributed by atoms with E-state index < -0.39 is 29.6 Å². The maximum absolute atomic E-state index is 12.2. The first-order chi connectivity index (χ1) is 12.7. The van der Waals surface area contributed by atoms with E-state index in [9.17, 15) is 14.4 Å². The number of nitrogens with one attached hydrogen (secondary N) is 2. The van der Waals surface area contributed by atoms with Crippen LogP contribution in [-0.4, -0.2) is 41.1 Å². The molecule has 0 unspecified atom stereocenters. The van der Waals surface area contributed by atoms with Gasteiger partial charge in [0.1, 0.15) is 0 Å². The predicted octanol–water partition coefficient (Wildman–Crippen LogP) is 3.72. The van der Waals surface area contributed by atoms with Crippen molar-refractivity contribution >= 4 is 41.4 Å². The number of urea groups is 1. The van der Waals surface area contributed by atoms with Crippen molar-refractivity contribution in [2.75, 3.05) is 11.5 Å². The Morgan fingerprint density at radius 2 is 1.70 bits per heavy atom. The largest absolute Gasteiger partial charge is 0.449 e. The first-order valence-electron chi connectivity index (χ1n) is 8.83. The van der Waals surface area contributed by atoms with Crippen molar-refractivity contribution in [2.24, 2.45) is 0 Å². The predicted molar refractivity (Wildman–Crippen MR) is 110 cm³/mol. The van der Waals surface area contributed by atoms with Crippen LogP contribution in [0.25, 0.3) is 0 Å². The first kappa shape index (κ1) is 21.6. The van der Waals surface area contributed by atoms with E-state index in [0.29, 0.717) is 10.1 Å². The molecule has 1 heterocycles. The number of amides is 3. The summed E-state index contributed by atoms with van der Waals surface area (Å²) < 4.78 is 5.57. The molecule has 6 nitrogen and oxygen atoms in total. The van der Waals surface area contributed by atoms with Gasteiger partial charge in [0.15, 0.2) is 6.10 Å². The van der Waals surface area contributed by atoms with Gasteiger partial charge < -0.3 is 10.1 Å². The molecular formula is C19H26N2O4S2. The third-order valence-corrected chi connectivity index (χ3v) is 6.64. The maximum Gasteiger partial charge on any atom is 0.338 e. The Morgan fingerprint density at radius 1 is 1.11 bits per heavy atom. The highest BCUT2D eigenvalue weighted by Gasteiger charge is 2.23. The van der Waals surface area contributed by atoms with Crippen molar-refractivity contribution in [1.29, 1.82) is 0 Å². The van der Waals surface area contributed by atoms with E-state index >= 15 is 0 Å². The van der Waals surface area contributed by atoms with Crippen LogP contribution >= 0.6 is 23.5 Å². The minimum Gasteiger partial charge on any atom is -0.449 e. The molecule has 148 valence electrons. The quantitative estimate of drug-likeness (QED) is 0.736. The maximum atomic E-state index is 12.2. The summed E-state index contributed by atoms with van der Waals surface area (Å²) in [5.41, 5.74) is 1.08. The molecule has 1 atom stereocenters. The number of benzene rings is 1. The fourth-order valence-electron chi connectivity index (χ4n) is 2.32. The van der Waals surface area contributed by atoms with Gasteiger partial charge in [0.2, 0.25) is 0 Å². The van der Waals surface area contributed by atoms with Crippen molar-refractivity contribution in [2.45, 2.75) is 50.3 Å². The number of hydrogen-bond donors (Lipinski definition) is 2. The van der Waals surface area contributed by atoms with Crippen LogP contribution in [0.3, 0.4) is 0 Å². The van der Waals surface area contributed by atoms with Crippen LogP contribution in [0.5, 0.6) is 0 Å². The van der Waals surface area contributed by atoms with Crippen LogP contribution < -0.4 is 10.6 Å². The van der Waals surface area contributed by atoms with Gasteiger partial charge in [0, 0.05) is 5.54 Å². The summed E-state index contributed by atoms with van der Waals surface area (Å²) in [6.07, 6.45) is 0.150. The van der Waals surface area contributed by atoms with Gasteiger partial charge in [-0.3, -0.25) is 10.1 Å². The summed E-state index contributed by atoms with van der Waals surface area (Å²) in [4.78, 5) is 36.0. The summed E-state index contributed by atoms with van der Waals surface area (Å²) in [5, 5.41) is 4.79. The van der Waals surface area contributed by atoms with Crippen LogP contribution in [-0.2, 0) is 9.53 Å². The van der Waals surface area contributed by atoms with E-state index in [2.05, 4.69) is 10.6 Å². The lowest BCUT2D eigenvalue weighted by atomic mass is 10.1. The molecule has 1 aromatic carbocycles. The number of carbonyl (C=O) groups is 3. The molecule has 1 aromatic rings. The summed E-state index contributed by atoms with van der Waals surface area (Å²) in [6.45, 7) is 6.83. The van der Waals surface area contributed by atoms with Crippen LogP contribution in [0.15, 0.2) is 24.3 Å². The molecule has 3 amide bonds. The zero-order chi connectivity index (χ0) is 20.0. The van der Waals surface area contributed by atoms with E-state index in [1.165, 1.54) is 18.9 Å². The fourth-order valence-corrected chi connectivity index (χ4v) is 5.22. The molecule has 27 heavy (non-hydrogen) atoms. The normalized spacial score (nSPS) is 16.3. The highest BCUT2D eigenvalue weighted by molar-refractivity contribution is 8.16. The van der Waals surface area contributed by atoms with Crippen molar-refractivity contribution in [1.82, 2.24) is 10.6 Å². The van der Waals surface area contributed by atoms with Crippen LogP contribution in [0.1, 0.15) is 54.6 Å². The van der Waals surface area contributed by atoms with Gasteiger partial charge in [-0.15, -0.1) is 23.5 Å². The van der Waals surface area contributed by atoms with Crippen molar-refractivity contribution < 1.29 is 19.1 Å². The third-order valence-electron chi connectivity index (χ3n) is 3.62. The lowest BCUT2D eigenvalue weighted by Gasteiger charge is -2.21. The molecule has 1 fully saturated rings. The number of esters is 1. The van der Waals surface area contributed by atoms with Gasteiger partial charge in [-0.2, -0.15) is 0 Å². The molecule has 0 saturated carbocycles. The Labute approximate surface area is 168 Å². The summed E-state index contributed by atoms with van der Waals surface area (Å²) >= 11 is 3.82. The minimum absolute atomic E-state index is 0.378. The second-order valence-corrected chi connectivity index (χ2v) is 10.0. The van der Waals surface area contributed by atoms with Gasteiger partial charge in [-0.1, -0.05) is 12.1 Å². The highest BCUT2D eigenvalue weighted by atomic mass is 32.2. The Bertz CT molecular complexity index is 680. The van der Waals surface area contributed by atoms with E-state index in [1.807, 2.05) is 35.7 Å². The molecule has 1 saturated heterocycles. The van der Waals surface area contributed by atoms with Crippen LogP contribution in [0.4, 0.5) is 4.79 Å². The minimum atomic E-state index is -1.08. The lowest BCUT2D eigenvalue weighted by Crippen LogP contribution is -2.50. The van der Waals surface area contributed by atoms with Crippen molar-refractivity contribution in [3.8, 4) is 0 Å². The van der Waals surface area contributed by atoms with E-state index in [-0.39, 0.29) is 0 Å². The summed E-state index contributed by atoms with van der Waals surface area (Å²) in [7, 11) is 0. The summed E-state index contributed by atoms with van der Waals surface area (Å²) in [5.74, 6) is 1.04. The third kappa shape index (κ3) is 7.10. The van der Waals surface area contributed by atoms with Gasteiger partial charge in [-0.25, -0.2) is 9.59 Å². The Morgan fingerprint density at radius 3 is 2.26 bits per heavy atom.